The molecule has 0 radical (unpaired) electrons. The minimum Gasteiger partial charge on any atom is -0.489 e. The number of ether oxygens (including phenoxy) is 2. The van der Waals surface area contributed by atoms with Crippen LogP contribution in [-0.4, -0.2) is 24.7 Å². The van der Waals surface area contributed by atoms with Gasteiger partial charge in [0.1, 0.15) is 18.2 Å². The van der Waals surface area contributed by atoms with E-state index < -0.39 is 36.0 Å². The predicted octanol–water partition coefficient (Wildman–Crippen LogP) is 5.73. The van der Waals surface area contributed by atoms with Gasteiger partial charge < -0.3 is 20.5 Å². The van der Waals surface area contributed by atoms with Crippen LogP contribution < -0.4 is 20.7 Å². The summed E-state index contributed by atoms with van der Waals surface area (Å²) in [7, 11) is 0. The molecule has 0 aromatic heterocycles. The normalized spacial score (nSPS) is 17.8. The number of halogens is 4. The molecule has 3 aromatic carbocycles. The maximum absolute atomic E-state index is 13.8. The van der Waals surface area contributed by atoms with Crippen molar-refractivity contribution in [3.05, 3.63) is 77.1 Å². The predicted molar refractivity (Wildman–Crippen MR) is 132 cm³/mol. The minimum absolute atomic E-state index is 0.000127. The van der Waals surface area contributed by atoms with Crippen LogP contribution in [0.15, 0.2) is 54.6 Å². The number of carbonyl (C=O) groups is 2. The highest BCUT2D eigenvalue weighted by molar-refractivity contribution is 5.98. The highest BCUT2D eigenvalue weighted by atomic mass is 19.4. The lowest BCUT2D eigenvalue weighted by Gasteiger charge is -2.31. The van der Waals surface area contributed by atoms with E-state index in [0.717, 1.165) is 4.90 Å². The molecular formula is C27H23F4N3O4. The number of nitrogens with two attached hydrogens (primary N) is 1. The molecule has 0 saturated heterocycles. The molecule has 0 fully saturated rings. The lowest BCUT2D eigenvalue weighted by Crippen LogP contribution is -2.43. The van der Waals surface area contributed by atoms with E-state index in [1.807, 2.05) is 0 Å². The maximum atomic E-state index is 13.8. The summed E-state index contributed by atoms with van der Waals surface area (Å²) < 4.78 is 65.9. The van der Waals surface area contributed by atoms with E-state index >= 15 is 0 Å². The van der Waals surface area contributed by atoms with Gasteiger partial charge in [0.15, 0.2) is 6.10 Å². The van der Waals surface area contributed by atoms with Crippen molar-refractivity contribution in [3.8, 4) is 5.75 Å². The summed E-state index contributed by atoms with van der Waals surface area (Å²) >= 11 is 0. The van der Waals surface area contributed by atoms with E-state index in [-0.39, 0.29) is 24.5 Å². The zero-order valence-corrected chi connectivity index (χ0v) is 20.1. The van der Waals surface area contributed by atoms with Gasteiger partial charge in [0.05, 0.1) is 17.4 Å². The molecule has 2 atom stereocenters. The molecule has 3 aromatic rings. The van der Waals surface area contributed by atoms with E-state index in [4.69, 9.17) is 15.2 Å². The molecule has 3 N–H and O–H groups in total. The molecule has 11 heteroatoms. The van der Waals surface area contributed by atoms with Gasteiger partial charge in [0.2, 0.25) is 0 Å². The van der Waals surface area contributed by atoms with Crippen LogP contribution in [0.1, 0.15) is 42.2 Å². The zero-order valence-electron chi connectivity index (χ0n) is 20.1. The summed E-state index contributed by atoms with van der Waals surface area (Å²) in [4.78, 5) is 24.8. The number of alkyl halides is 3. The van der Waals surface area contributed by atoms with Gasteiger partial charge in [-0.05, 0) is 60.4 Å². The molecule has 1 unspecified atom stereocenters. The molecule has 1 heterocycles. The Hall–Kier alpha value is -4.28. The Morgan fingerprint density at radius 3 is 2.61 bits per heavy atom. The van der Waals surface area contributed by atoms with Crippen molar-refractivity contribution in [1.82, 2.24) is 0 Å². The Bertz CT molecular complexity index is 1430. The van der Waals surface area contributed by atoms with E-state index in [2.05, 4.69) is 5.32 Å². The number of hydrogen-bond donors (Lipinski definition) is 2. The van der Waals surface area contributed by atoms with Crippen molar-refractivity contribution >= 4 is 34.6 Å². The number of esters is 1. The average molecular weight is 529 g/mol. The quantitative estimate of drug-likeness (QED) is 0.249. The molecule has 7 nitrogen and oxygen atoms in total. The van der Waals surface area contributed by atoms with Crippen LogP contribution in [0.5, 0.6) is 5.75 Å². The minimum atomic E-state index is -5.13. The lowest BCUT2D eigenvalue weighted by atomic mass is 10.0. The summed E-state index contributed by atoms with van der Waals surface area (Å²) in [5, 5.41) is 3.07. The van der Waals surface area contributed by atoms with E-state index in [1.165, 1.54) is 43.3 Å². The molecule has 38 heavy (non-hydrogen) atoms. The van der Waals surface area contributed by atoms with Gasteiger partial charge in [0, 0.05) is 29.9 Å². The van der Waals surface area contributed by atoms with Gasteiger partial charge in [-0.3, -0.25) is 14.5 Å². The summed E-state index contributed by atoms with van der Waals surface area (Å²) in [6, 6.07) is 12.2. The molecule has 0 spiro atoms. The molecule has 198 valence electrons. The van der Waals surface area contributed by atoms with Crippen molar-refractivity contribution in [2.75, 3.05) is 22.6 Å². The number of fused-ring (bicyclic) bond motifs is 2. The number of benzene rings is 3. The second-order valence-corrected chi connectivity index (χ2v) is 9.09. The van der Waals surface area contributed by atoms with Crippen LogP contribution in [0.2, 0.25) is 0 Å². The number of carbonyl (C=O) groups excluding carboxylic acids is 2. The number of anilines is 4. The van der Waals surface area contributed by atoms with E-state index in [9.17, 15) is 27.2 Å². The first-order valence-electron chi connectivity index (χ1n) is 11.8. The van der Waals surface area contributed by atoms with Crippen LogP contribution in [0.25, 0.3) is 0 Å². The van der Waals surface area contributed by atoms with Crippen LogP contribution in [-0.2, 0) is 20.7 Å². The Kier molecular flexibility index (Phi) is 6.38. The van der Waals surface area contributed by atoms with Gasteiger partial charge in [-0.15, -0.1) is 0 Å². The van der Waals surface area contributed by atoms with Gasteiger partial charge in [-0.25, -0.2) is 4.39 Å². The number of amides is 1. The van der Waals surface area contributed by atoms with Gasteiger partial charge >= 0.3 is 18.1 Å². The average Bonchev–Trinajstić information content (AvgIpc) is 3.46. The number of nitrogen functional groups attached to an aromatic ring is 1. The third-order valence-corrected chi connectivity index (χ3v) is 6.62. The molecule has 1 aliphatic heterocycles. The Labute approximate surface area is 215 Å². The van der Waals surface area contributed by atoms with Crippen LogP contribution in [0, 0.1) is 5.82 Å². The number of nitrogens with zero attached hydrogens (tertiary/aromatic N) is 1. The fraction of sp³-hybridized carbons (Fsp3) is 0.259. The van der Waals surface area contributed by atoms with E-state index in [0.29, 0.717) is 40.2 Å². The molecule has 1 amide bonds. The van der Waals surface area contributed by atoms with Gasteiger partial charge in [0.25, 0.3) is 0 Å². The largest absolute Gasteiger partial charge is 0.489 e. The van der Waals surface area contributed by atoms with Gasteiger partial charge in [-0.1, -0.05) is 12.1 Å². The van der Waals surface area contributed by atoms with Crippen molar-refractivity contribution in [3.63, 3.8) is 0 Å². The van der Waals surface area contributed by atoms with Crippen molar-refractivity contribution in [1.29, 1.82) is 0 Å². The van der Waals surface area contributed by atoms with Crippen molar-refractivity contribution in [2.45, 2.75) is 38.1 Å². The smallest absolute Gasteiger partial charge is 0.471 e. The highest BCUT2D eigenvalue weighted by Gasteiger charge is 2.47. The number of rotatable bonds is 5. The first kappa shape index (κ1) is 25.4. The second kappa shape index (κ2) is 9.55. The maximum Gasteiger partial charge on any atom is 0.471 e. The van der Waals surface area contributed by atoms with Crippen LogP contribution in [0.3, 0.4) is 0 Å². The first-order chi connectivity index (χ1) is 18.0. The second-order valence-electron chi connectivity index (χ2n) is 9.09. The first-order valence-corrected chi connectivity index (χ1v) is 11.8. The molecule has 5 rings (SSSR count). The Morgan fingerprint density at radius 1 is 1.08 bits per heavy atom. The molecule has 2 aliphatic rings. The molecule has 0 saturated carbocycles. The summed E-state index contributed by atoms with van der Waals surface area (Å²) in [5.74, 6) is -2.79. The molecular weight excluding hydrogens is 506 g/mol. The monoisotopic (exact) mass is 529 g/mol. The third kappa shape index (κ3) is 4.71. The lowest BCUT2D eigenvalue weighted by molar-refractivity contribution is -0.171. The number of nitrogens with one attached hydrogen (secondary N) is 1. The fourth-order valence-corrected chi connectivity index (χ4v) is 4.99. The van der Waals surface area contributed by atoms with Crippen LogP contribution in [0.4, 0.5) is 40.3 Å². The summed E-state index contributed by atoms with van der Waals surface area (Å²) in [6.45, 7) is 1.27. The standard InChI is InChI=1S/C27H23F4N3O4/c1-14(35)38-25-13-37-24-12-16(6-7-19(24)25)34(26(36)27(29,30)31)23-10-8-17-18(23)3-2-4-21(17)33-22-11-15(28)5-9-20(22)32/h2-7,9,11-12,23,25,33H,8,10,13,32H2,1H3/t23?,25-/m1/s1. The van der Waals surface area contributed by atoms with Crippen molar-refractivity contribution < 1.29 is 36.6 Å². The van der Waals surface area contributed by atoms with Crippen molar-refractivity contribution in [2.24, 2.45) is 0 Å². The summed E-state index contributed by atoms with van der Waals surface area (Å²) in [5.41, 5.74) is 8.88. The topological polar surface area (TPSA) is 93.9 Å². The zero-order chi connectivity index (χ0) is 27.2. The SMILES string of the molecule is CC(=O)O[C@@H]1COc2cc(N(C(=O)C(F)(F)F)C3CCc4c(Nc5cc(F)ccc5N)cccc43)ccc21. The number of hydrogen-bond acceptors (Lipinski definition) is 6. The van der Waals surface area contributed by atoms with Gasteiger partial charge in [-0.2, -0.15) is 13.2 Å². The molecule has 1 aliphatic carbocycles. The summed E-state index contributed by atoms with van der Waals surface area (Å²) in [6.07, 6.45) is -5.22. The third-order valence-electron chi connectivity index (χ3n) is 6.62. The van der Waals surface area contributed by atoms with Crippen LogP contribution >= 0.6 is 0 Å². The Morgan fingerprint density at radius 2 is 1.87 bits per heavy atom. The fourth-order valence-electron chi connectivity index (χ4n) is 4.99. The van der Waals surface area contributed by atoms with E-state index in [1.54, 1.807) is 18.2 Å². The molecule has 0 bridgehead atoms. The Balaban J connectivity index is 1.52. The highest BCUT2D eigenvalue weighted by Crippen LogP contribution is 2.46.